The molecule has 0 radical (unpaired) electrons. The van der Waals surface area contributed by atoms with Gasteiger partial charge in [-0.05, 0) is 46.5 Å². The van der Waals surface area contributed by atoms with Crippen LogP contribution in [-0.4, -0.2) is 57.0 Å². The third-order valence-corrected chi connectivity index (χ3v) is 9.17. The van der Waals surface area contributed by atoms with Gasteiger partial charge in [0.25, 0.3) is 5.91 Å². The number of aliphatic imine (C=N–C) groups is 1. The molecule has 5 aromatic rings. The maximum absolute atomic E-state index is 14.7. The van der Waals surface area contributed by atoms with Gasteiger partial charge in [0.1, 0.15) is 23.0 Å². The normalized spacial score (nSPS) is 16.4. The third-order valence-electron chi connectivity index (χ3n) is 9.17. The maximum Gasteiger partial charge on any atom is 0.266 e. The lowest BCUT2D eigenvalue weighted by Gasteiger charge is -2.30. The molecule has 0 unspecified atom stereocenters. The Hall–Kier alpha value is -6.10. The van der Waals surface area contributed by atoms with Crippen molar-refractivity contribution < 1.29 is 33.6 Å². The summed E-state index contributed by atoms with van der Waals surface area (Å²) < 4.78 is 29.2. The number of methoxy groups -OCH3 is 3. The Bertz CT molecular complexity index is 2010. The minimum Gasteiger partial charge on any atom is -0.496 e. The summed E-state index contributed by atoms with van der Waals surface area (Å²) in [6.45, 7) is 0.631. The second kappa shape index (κ2) is 18.1. The van der Waals surface area contributed by atoms with Crippen molar-refractivity contribution in [2.24, 2.45) is 4.99 Å². The van der Waals surface area contributed by atoms with Gasteiger partial charge in [0, 0.05) is 43.7 Å². The lowest BCUT2D eigenvalue weighted by molar-refractivity contribution is -0.129. The molecule has 1 aliphatic heterocycles. The first-order valence-electron chi connectivity index (χ1n) is 17.8. The van der Waals surface area contributed by atoms with Crippen LogP contribution in [0.15, 0.2) is 132 Å². The number of aliphatic hydroxyl groups excluding tert-OH is 1. The van der Waals surface area contributed by atoms with Gasteiger partial charge in [-0.3, -0.25) is 10.2 Å². The zero-order chi connectivity index (χ0) is 37.8. The maximum atomic E-state index is 14.7. The molecule has 10 heteroatoms. The first-order valence-corrected chi connectivity index (χ1v) is 17.8. The molecule has 0 saturated heterocycles. The molecule has 0 fully saturated rings. The summed E-state index contributed by atoms with van der Waals surface area (Å²) in [5.41, 5.74) is 9.92. The number of carbonyl (C=O) groups excluding carboxylic acids is 1. The summed E-state index contributed by atoms with van der Waals surface area (Å²) >= 11 is 0. The lowest BCUT2D eigenvalue weighted by Crippen LogP contribution is -2.52. The van der Waals surface area contributed by atoms with Crippen molar-refractivity contribution in [3.8, 4) is 34.1 Å². The van der Waals surface area contributed by atoms with Crippen molar-refractivity contribution in [1.82, 2.24) is 10.9 Å². The number of benzene rings is 5. The summed E-state index contributed by atoms with van der Waals surface area (Å²) in [5, 5.41) is 9.15. The second-order valence-corrected chi connectivity index (χ2v) is 12.6. The fourth-order valence-electron chi connectivity index (χ4n) is 6.31. The Labute approximate surface area is 316 Å². The van der Waals surface area contributed by atoms with E-state index in [1.807, 2.05) is 109 Å². The van der Waals surface area contributed by atoms with E-state index in [4.69, 9.17) is 33.8 Å². The van der Waals surface area contributed by atoms with Crippen molar-refractivity contribution in [3.63, 3.8) is 0 Å². The van der Waals surface area contributed by atoms with Crippen molar-refractivity contribution in [2.75, 3.05) is 34.5 Å². The summed E-state index contributed by atoms with van der Waals surface area (Å²) in [4.78, 5) is 19.9. The lowest BCUT2D eigenvalue weighted by atomic mass is 9.84. The van der Waals surface area contributed by atoms with Crippen LogP contribution in [0.25, 0.3) is 17.2 Å². The number of nitrogens with zero attached hydrogens (tertiary/aromatic N) is 1. The molecule has 10 nitrogen and oxygen atoms in total. The standard InChI is InChI=1S/C44H45N3O7/c1-50-37-28-39(51-2)38(40(29-37)52-3)30-45-47-43(49)44(25-10-14-31-12-6-4-7-13-31)41(34-19-17-33(18-20-34)32-15-8-5-9-16-32)54-42(46-44)35-21-23-36(24-22-35)53-27-11-26-48/h4-10,12-24,28-29,41,45,48H,11,25-27,30H2,1-3H3,(H,47,49)/b14-10+/t41-,44-/m0/s1. The topological polar surface area (TPSA) is 120 Å². The number of ether oxygens (including phenoxy) is 5. The number of nitrogens with one attached hydrogen (secondary N) is 2. The van der Waals surface area contributed by atoms with Gasteiger partial charge in [0.05, 0.1) is 33.5 Å². The average Bonchev–Trinajstić information content (AvgIpc) is 3.62. The molecule has 5 aromatic carbocycles. The molecule has 1 aliphatic rings. The van der Waals surface area contributed by atoms with Gasteiger partial charge in [-0.15, -0.1) is 0 Å². The fraction of sp³-hybridized carbons (Fsp3) is 0.227. The first-order chi connectivity index (χ1) is 26.5. The van der Waals surface area contributed by atoms with Gasteiger partial charge in [0.15, 0.2) is 11.6 Å². The van der Waals surface area contributed by atoms with Gasteiger partial charge in [-0.1, -0.05) is 97.1 Å². The van der Waals surface area contributed by atoms with E-state index >= 15 is 0 Å². The predicted molar refractivity (Wildman–Crippen MR) is 210 cm³/mol. The van der Waals surface area contributed by atoms with Crippen LogP contribution in [0.2, 0.25) is 0 Å². The number of hydrogen-bond acceptors (Lipinski definition) is 9. The monoisotopic (exact) mass is 727 g/mol. The molecule has 0 bridgehead atoms. The van der Waals surface area contributed by atoms with E-state index in [2.05, 4.69) is 23.0 Å². The fourth-order valence-corrected chi connectivity index (χ4v) is 6.31. The van der Waals surface area contributed by atoms with E-state index in [9.17, 15) is 4.79 Å². The number of aliphatic hydroxyl groups is 1. The van der Waals surface area contributed by atoms with Gasteiger partial charge in [0.2, 0.25) is 5.90 Å². The quantitative estimate of drug-likeness (QED) is 0.0674. The van der Waals surface area contributed by atoms with Crippen LogP contribution in [0, 0.1) is 0 Å². The predicted octanol–water partition coefficient (Wildman–Crippen LogP) is 7.32. The number of hydrogen-bond donors (Lipinski definition) is 3. The van der Waals surface area contributed by atoms with E-state index in [1.54, 1.807) is 33.5 Å². The highest BCUT2D eigenvalue weighted by atomic mass is 16.5. The Morgan fingerprint density at radius 2 is 1.43 bits per heavy atom. The molecule has 54 heavy (non-hydrogen) atoms. The molecular weight excluding hydrogens is 682 g/mol. The van der Waals surface area contributed by atoms with E-state index in [-0.39, 0.29) is 25.5 Å². The number of amides is 1. The highest BCUT2D eigenvalue weighted by Gasteiger charge is 2.52. The van der Waals surface area contributed by atoms with Gasteiger partial charge >= 0.3 is 0 Å². The molecule has 0 aliphatic carbocycles. The number of rotatable bonds is 17. The van der Waals surface area contributed by atoms with Crippen LogP contribution in [0.1, 0.15) is 41.2 Å². The van der Waals surface area contributed by atoms with Crippen molar-refractivity contribution in [2.45, 2.75) is 31.0 Å². The smallest absolute Gasteiger partial charge is 0.266 e. The molecule has 0 aromatic heterocycles. The largest absolute Gasteiger partial charge is 0.496 e. The highest BCUT2D eigenvalue weighted by Crippen LogP contribution is 2.43. The molecule has 6 rings (SSSR count). The molecule has 2 atom stereocenters. The minimum atomic E-state index is -1.42. The zero-order valence-corrected chi connectivity index (χ0v) is 30.7. The Kier molecular flexibility index (Phi) is 12.6. The average molecular weight is 728 g/mol. The van der Waals surface area contributed by atoms with Crippen LogP contribution < -0.4 is 29.8 Å². The van der Waals surface area contributed by atoms with Crippen LogP contribution >= 0.6 is 0 Å². The molecular formula is C44H45N3O7. The van der Waals surface area contributed by atoms with Gasteiger partial charge < -0.3 is 28.8 Å². The summed E-state index contributed by atoms with van der Waals surface area (Å²) in [5.74, 6) is 2.26. The molecule has 1 heterocycles. The molecule has 0 spiro atoms. The van der Waals surface area contributed by atoms with E-state index < -0.39 is 11.6 Å². The number of hydrazine groups is 1. The Morgan fingerprint density at radius 1 is 0.796 bits per heavy atom. The van der Waals surface area contributed by atoms with E-state index in [1.165, 1.54) is 0 Å². The number of carbonyl (C=O) groups is 1. The van der Waals surface area contributed by atoms with Crippen molar-refractivity contribution >= 4 is 17.9 Å². The van der Waals surface area contributed by atoms with Crippen molar-refractivity contribution in [3.05, 3.63) is 150 Å². The molecule has 0 saturated carbocycles. The highest BCUT2D eigenvalue weighted by molar-refractivity contribution is 6.01. The Balaban J connectivity index is 1.37. The van der Waals surface area contributed by atoms with Crippen LogP contribution in [-0.2, 0) is 16.1 Å². The molecule has 278 valence electrons. The SMILES string of the molecule is COc1cc(OC)c(CNNC(=O)[C@@]2(C/C=C/c3ccccc3)N=C(c3ccc(OCCCO)cc3)O[C@H]2c2ccc(-c3ccccc3)cc2)c(OC)c1. The zero-order valence-electron chi connectivity index (χ0n) is 30.7. The molecule has 3 N–H and O–H groups in total. The first kappa shape index (κ1) is 37.7. The van der Waals surface area contributed by atoms with Gasteiger partial charge in [-0.2, -0.15) is 0 Å². The summed E-state index contributed by atoms with van der Waals surface area (Å²) in [7, 11) is 4.71. The van der Waals surface area contributed by atoms with Crippen molar-refractivity contribution in [1.29, 1.82) is 0 Å². The third kappa shape index (κ3) is 8.74. The van der Waals surface area contributed by atoms with E-state index in [0.29, 0.717) is 53.1 Å². The summed E-state index contributed by atoms with van der Waals surface area (Å²) in [6.07, 6.45) is 3.91. The van der Waals surface area contributed by atoms with Crippen LogP contribution in [0.4, 0.5) is 0 Å². The van der Waals surface area contributed by atoms with E-state index in [0.717, 1.165) is 22.3 Å². The Morgan fingerprint density at radius 3 is 2.06 bits per heavy atom. The van der Waals surface area contributed by atoms with Crippen LogP contribution in [0.3, 0.4) is 0 Å². The second-order valence-electron chi connectivity index (χ2n) is 12.6. The minimum absolute atomic E-state index is 0.0509. The molecule has 1 amide bonds. The summed E-state index contributed by atoms with van der Waals surface area (Å²) in [6, 6.07) is 39.0. The van der Waals surface area contributed by atoms with Crippen LogP contribution in [0.5, 0.6) is 23.0 Å². The van der Waals surface area contributed by atoms with Gasteiger partial charge in [-0.25, -0.2) is 10.4 Å².